The van der Waals surface area contributed by atoms with Gasteiger partial charge in [0.2, 0.25) is 0 Å². The van der Waals surface area contributed by atoms with E-state index < -0.39 is 41.1 Å². The molecule has 0 heterocycles. The van der Waals surface area contributed by atoms with Crippen LogP contribution in [-0.4, -0.2) is 36.2 Å². The molecule has 1 amide bonds. The fraction of sp³-hybridized carbons (Fsp3) is 0.682. The lowest BCUT2D eigenvalue weighted by Gasteiger charge is -2.32. The average molecular weight is 468 g/mol. The van der Waals surface area contributed by atoms with Gasteiger partial charge in [-0.2, -0.15) is 26.3 Å². The third-order valence-corrected chi connectivity index (χ3v) is 5.85. The Morgan fingerprint density at radius 2 is 1.47 bits per heavy atom. The number of benzene rings is 1. The Morgan fingerprint density at radius 3 is 1.91 bits per heavy atom. The van der Waals surface area contributed by atoms with Crippen molar-refractivity contribution in [3.8, 4) is 0 Å². The summed E-state index contributed by atoms with van der Waals surface area (Å²) in [6, 6.07) is 1.09. The maximum absolute atomic E-state index is 13.0. The maximum atomic E-state index is 13.0. The second-order valence-electron chi connectivity index (χ2n) is 9.51. The molecule has 182 valence electrons. The lowest BCUT2D eigenvalue weighted by Crippen LogP contribution is -2.43. The second-order valence-corrected chi connectivity index (χ2v) is 9.51. The van der Waals surface area contributed by atoms with E-state index in [4.69, 9.17) is 0 Å². The first-order valence-corrected chi connectivity index (χ1v) is 10.6. The van der Waals surface area contributed by atoms with Crippen LogP contribution in [0.1, 0.15) is 67.9 Å². The van der Waals surface area contributed by atoms with Gasteiger partial charge in [0.25, 0.3) is 5.91 Å². The predicted molar refractivity (Wildman–Crippen MR) is 108 cm³/mol. The summed E-state index contributed by atoms with van der Waals surface area (Å²) in [7, 11) is 0. The number of hydrogen-bond acceptors (Lipinski definition) is 3. The molecule has 0 bridgehead atoms. The number of carbonyl (C=O) groups excluding carboxylic acids is 1. The number of hydrogen-bond donors (Lipinski definition) is 3. The minimum Gasteiger partial charge on any atom is -0.391 e. The van der Waals surface area contributed by atoms with Gasteiger partial charge in [0.15, 0.2) is 0 Å². The zero-order valence-electron chi connectivity index (χ0n) is 18.3. The molecule has 0 radical (unpaired) electrons. The number of nitrogens with one attached hydrogen (secondary N) is 2. The molecule has 0 aromatic heterocycles. The Kier molecular flexibility index (Phi) is 8.25. The highest BCUT2D eigenvalue weighted by atomic mass is 19.4. The molecule has 4 nitrogen and oxygen atoms in total. The largest absolute Gasteiger partial charge is 0.416 e. The molecule has 0 aliphatic heterocycles. The smallest absolute Gasteiger partial charge is 0.391 e. The molecule has 1 aliphatic carbocycles. The number of amides is 1. The highest BCUT2D eigenvalue weighted by molar-refractivity contribution is 5.94. The number of aliphatic hydroxyl groups is 1. The highest BCUT2D eigenvalue weighted by Crippen LogP contribution is 2.36. The maximum Gasteiger partial charge on any atom is 0.416 e. The van der Waals surface area contributed by atoms with Gasteiger partial charge < -0.3 is 15.7 Å². The van der Waals surface area contributed by atoms with Gasteiger partial charge in [0.05, 0.1) is 17.2 Å². The van der Waals surface area contributed by atoms with E-state index in [9.17, 15) is 36.2 Å². The van der Waals surface area contributed by atoms with Gasteiger partial charge in [-0.1, -0.05) is 20.8 Å². The van der Waals surface area contributed by atoms with Gasteiger partial charge in [0.1, 0.15) is 0 Å². The Bertz CT molecular complexity index is 746. The van der Waals surface area contributed by atoms with Crippen LogP contribution in [0.15, 0.2) is 18.2 Å². The van der Waals surface area contributed by atoms with Gasteiger partial charge >= 0.3 is 12.4 Å². The van der Waals surface area contributed by atoms with Gasteiger partial charge in [0, 0.05) is 24.7 Å². The summed E-state index contributed by atoms with van der Waals surface area (Å²) in [5.41, 5.74) is -3.93. The fourth-order valence-electron chi connectivity index (χ4n) is 3.58. The molecule has 1 fully saturated rings. The van der Waals surface area contributed by atoms with Crippen molar-refractivity contribution in [1.82, 2.24) is 10.6 Å². The summed E-state index contributed by atoms with van der Waals surface area (Å²) in [4.78, 5) is 12.3. The molecule has 0 spiro atoms. The minimum absolute atomic E-state index is 0.00164. The minimum atomic E-state index is -5.00. The monoisotopic (exact) mass is 468 g/mol. The molecule has 1 unspecified atom stereocenters. The van der Waals surface area contributed by atoms with Gasteiger partial charge in [-0.15, -0.1) is 0 Å². The van der Waals surface area contributed by atoms with E-state index in [-0.39, 0.29) is 30.0 Å². The summed E-state index contributed by atoms with van der Waals surface area (Å²) in [6.45, 7) is 6.48. The molecule has 2 rings (SSSR count). The molecule has 1 saturated carbocycles. The lowest BCUT2D eigenvalue weighted by molar-refractivity contribution is -0.143. The molecule has 3 N–H and O–H groups in total. The molecule has 32 heavy (non-hydrogen) atoms. The first kappa shape index (κ1) is 26.4. The van der Waals surface area contributed by atoms with Crippen molar-refractivity contribution in [2.45, 2.75) is 71.0 Å². The van der Waals surface area contributed by atoms with Crippen LogP contribution in [0, 0.1) is 11.3 Å². The van der Waals surface area contributed by atoms with Crippen molar-refractivity contribution in [2.24, 2.45) is 11.3 Å². The van der Waals surface area contributed by atoms with Gasteiger partial charge in [-0.05, 0) is 55.2 Å². The molecule has 10 heteroatoms. The van der Waals surface area contributed by atoms with Crippen molar-refractivity contribution in [3.05, 3.63) is 34.9 Å². The summed E-state index contributed by atoms with van der Waals surface area (Å²) in [5, 5.41) is 15.9. The van der Waals surface area contributed by atoms with Crippen LogP contribution < -0.4 is 10.6 Å². The van der Waals surface area contributed by atoms with Gasteiger partial charge in [-0.3, -0.25) is 4.79 Å². The van der Waals surface area contributed by atoms with Crippen molar-refractivity contribution in [3.63, 3.8) is 0 Å². The highest BCUT2D eigenvalue weighted by Gasteiger charge is 2.37. The Hall–Kier alpha value is -1.81. The molecular formula is C22H30F6N2O2. The molecule has 1 aliphatic rings. The summed E-state index contributed by atoms with van der Waals surface area (Å²) in [5.74, 6) is -0.882. The van der Waals surface area contributed by atoms with E-state index in [2.05, 4.69) is 10.6 Å². The van der Waals surface area contributed by atoms with Gasteiger partial charge in [-0.25, -0.2) is 0 Å². The lowest BCUT2D eigenvalue weighted by atomic mass is 9.85. The standard InChI is InChI=1S/C22H30F6N2O2/c1-20(2,3)18(31)12-29-17-6-4-13(5-7-17)11-30-19(32)14-8-15(21(23,24)25)10-16(9-14)22(26,27)28/h8-10,13,17-18,29,31H,4-7,11-12H2,1-3H3,(H,30,32). The van der Waals surface area contributed by atoms with Crippen LogP contribution in [0.25, 0.3) is 0 Å². The van der Waals surface area contributed by atoms with Crippen LogP contribution in [0.2, 0.25) is 0 Å². The van der Waals surface area contributed by atoms with E-state index in [0.29, 0.717) is 18.7 Å². The van der Waals surface area contributed by atoms with E-state index in [1.165, 1.54) is 0 Å². The van der Waals surface area contributed by atoms with Crippen molar-refractivity contribution in [2.75, 3.05) is 13.1 Å². The van der Waals surface area contributed by atoms with Crippen LogP contribution in [0.4, 0.5) is 26.3 Å². The molecule has 1 aromatic carbocycles. The Morgan fingerprint density at radius 1 is 0.969 bits per heavy atom. The average Bonchev–Trinajstić information content (AvgIpc) is 2.68. The number of halogens is 6. The van der Waals surface area contributed by atoms with Crippen LogP contribution in [-0.2, 0) is 12.4 Å². The zero-order chi connectivity index (χ0) is 24.3. The Labute approximate surface area is 183 Å². The number of carbonyl (C=O) groups is 1. The second kappa shape index (κ2) is 9.99. The van der Waals surface area contributed by atoms with Crippen LogP contribution >= 0.6 is 0 Å². The third-order valence-electron chi connectivity index (χ3n) is 5.85. The third kappa shape index (κ3) is 7.65. The number of rotatable bonds is 6. The summed E-state index contributed by atoms with van der Waals surface area (Å²) >= 11 is 0. The van der Waals surface area contributed by atoms with E-state index in [1.807, 2.05) is 20.8 Å². The topological polar surface area (TPSA) is 61.4 Å². The molecule has 0 saturated heterocycles. The van der Waals surface area contributed by atoms with Crippen LogP contribution in [0.5, 0.6) is 0 Å². The van der Waals surface area contributed by atoms with Crippen molar-refractivity contribution in [1.29, 1.82) is 0 Å². The number of alkyl halides is 6. The van der Waals surface area contributed by atoms with E-state index >= 15 is 0 Å². The Balaban J connectivity index is 1.91. The van der Waals surface area contributed by atoms with E-state index in [1.54, 1.807) is 0 Å². The van der Waals surface area contributed by atoms with Crippen molar-refractivity contribution >= 4 is 5.91 Å². The first-order chi connectivity index (χ1) is 14.6. The van der Waals surface area contributed by atoms with E-state index in [0.717, 1.165) is 25.7 Å². The zero-order valence-corrected chi connectivity index (χ0v) is 18.3. The van der Waals surface area contributed by atoms with Crippen LogP contribution in [0.3, 0.4) is 0 Å². The fourth-order valence-corrected chi connectivity index (χ4v) is 3.58. The summed E-state index contributed by atoms with van der Waals surface area (Å²) < 4.78 is 77.8. The summed E-state index contributed by atoms with van der Waals surface area (Å²) in [6.07, 6.45) is -7.38. The number of aliphatic hydroxyl groups excluding tert-OH is 1. The van der Waals surface area contributed by atoms with Crippen molar-refractivity contribution < 1.29 is 36.2 Å². The first-order valence-electron chi connectivity index (χ1n) is 10.6. The quantitative estimate of drug-likeness (QED) is 0.515. The molecular weight excluding hydrogens is 438 g/mol. The normalized spacial score (nSPS) is 21.3. The molecule has 1 aromatic rings. The SMILES string of the molecule is CC(C)(C)C(O)CNC1CCC(CNC(=O)c2cc(C(F)(F)F)cc(C(F)(F)F)c2)CC1. The molecule has 1 atom stereocenters. The predicted octanol–water partition coefficient (Wildman–Crippen LogP) is 5.01.